The first kappa shape index (κ1) is 14.6. The molecule has 0 atom stereocenters. The molecular weight excluding hydrogens is 272 g/mol. The molecule has 4 heteroatoms. The van der Waals surface area contributed by atoms with Crippen molar-refractivity contribution in [3.63, 3.8) is 0 Å². The van der Waals surface area contributed by atoms with Gasteiger partial charge in [-0.05, 0) is 36.8 Å². The van der Waals surface area contributed by atoms with Crippen molar-refractivity contribution in [2.45, 2.75) is 6.92 Å². The summed E-state index contributed by atoms with van der Waals surface area (Å²) in [7, 11) is 0. The van der Waals surface area contributed by atoms with E-state index in [1.165, 1.54) is 11.3 Å². The first-order chi connectivity index (χ1) is 10.8. The topological polar surface area (TPSA) is 39.7 Å². The van der Waals surface area contributed by atoms with Crippen LogP contribution in [-0.4, -0.2) is 32.4 Å². The van der Waals surface area contributed by atoms with Gasteiger partial charge >= 0.3 is 0 Å². The minimum absolute atomic E-state index is 0.999. The van der Waals surface area contributed by atoms with Crippen molar-refractivity contribution in [3.8, 4) is 0 Å². The summed E-state index contributed by atoms with van der Waals surface area (Å²) in [6.07, 6.45) is 1.85. The van der Waals surface area contributed by atoms with Gasteiger partial charge in [-0.1, -0.05) is 29.8 Å². The Morgan fingerprint density at radius 3 is 2.36 bits per heavy atom. The number of anilines is 2. The van der Waals surface area contributed by atoms with Crippen LogP contribution in [0.4, 0.5) is 11.4 Å². The summed E-state index contributed by atoms with van der Waals surface area (Å²) in [4.78, 5) is 2.40. The third-order valence-corrected chi connectivity index (χ3v) is 3.83. The van der Waals surface area contributed by atoms with E-state index in [0.29, 0.717) is 0 Å². The molecule has 114 valence electrons. The Labute approximate surface area is 131 Å². The first-order valence-electron chi connectivity index (χ1n) is 7.73. The van der Waals surface area contributed by atoms with E-state index in [4.69, 9.17) is 0 Å². The van der Waals surface area contributed by atoms with Gasteiger partial charge in [0.15, 0.2) is 0 Å². The van der Waals surface area contributed by atoms with E-state index in [1.807, 2.05) is 18.3 Å². The maximum Gasteiger partial charge on any atom is 0.0561 e. The fraction of sp³-hybridized carbons (Fsp3) is 0.278. The molecule has 1 saturated heterocycles. The van der Waals surface area contributed by atoms with E-state index in [2.05, 4.69) is 64.1 Å². The van der Waals surface area contributed by atoms with E-state index in [9.17, 15) is 0 Å². The molecule has 2 aromatic carbocycles. The molecule has 0 saturated carbocycles. The molecule has 1 aliphatic rings. The average Bonchev–Trinajstić information content (AvgIpc) is 2.58. The second-order valence-corrected chi connectivity index (χ2v) is 5.56. The number of aryl methyl sites for hydroxylation is 1. The van der Waals surface area contributed by atoms with Gasteiger partial charge in [0.2, 0.25) is 0 Å². The molecule has 3 rings (SSSR count). The Balaban J connectivity index is 1.58. The fourth-order valence-electron chi connectivity index (χ4n) is 2.50. The molecule has 2 N–H and O–H groups in total. The molecule has 2 aromatic rings. The van der Waals surface area contributed by atoms with Crippen molar-refractivity contribution in [1.82, 2.24) is 5.32 Å². The number of nitrogens with zero attached hydrogens (tertiary/aromatic N) is 2. The molecule has 0 amide bonds. The van der Waals surface area contributed by atoms with E-state index < -0.39 is 0 Å². The number of piperazine rings is 1. The van der Waals surface area contributed by atoms with Crippen molar-refractivity contribution in [2.24, 2.45) is 5.10 Å². The highest BCUT2D eigenvalue weighted by Gasteiger charge is 2.09. The quantitative estimate of drug-likeness (QED) is 0.673. The predicted octanol–water partition coefficient (Wildman–Crippen LogP) is 2.85. The van der Waals surface area contributed by atoms with Crippen LogP contribution >= 0.6 is 0 Å². The molecule has 0 bridgehead atoms. The summed E-state index contributed by atoms with van der Waals surface area (Å²) in [6, 6.07) is 16.7. The van der Waals surface area contributed by atoms with Crippen LogP contribution in [0.1, 0.15) is 11.1 Å². The number of rotatable bonds is 4. The number of hydrogen-bond acceptors (Lipinski definition) is 4. The predicted molar refractivity (Wildman–Crippen MR) is 93.9 cm³/mol. The van der Waals surface area contributed by atoms with Gasteiger partial charge in [0, 0.05) is 31.9 Å². The SMILES string of the molecule is Cc1ccc(NN=Cc2ccc(N3CCNCC3)cc2)cc1. The number of hydrogen-bond donors (Lipinski definition) is 2. The average molecular weight is 294 g/mol. The summed E-state index contributed by atoms with van der Waals surface area (Å²) in [6.45, 7) is 6.34. The molecule has 1 aliphatic heterocycles. The number of nitrogens with one attached hydrogen (secondary N) is 2. The maximum absolute atomic E-state index is 4.29. The molecule has 0 unspecified atom stereocenters. The van der Waals surface area contributed by atoms with E-state index >= 15 is 0 Å². The second kappa shape index (κ2) is 7.09. The molecule has 0 radical (unpaired) electrons. The van der Waals surface area contributed by atoms with Gasteiger partial charge in [0.25, 0.3) is 0 Å². The van der Waals surface area contributed by atoms with Crippen molar-refractivity contribution < 1.29 is 0 Å². The third kappa shape index (κ3) is 3.86. The zero-order valence-electron chi connectivity index (χ0n) is 12.9. The van der Waals surface area contributed by atoms with Crippen LogP contribution in [0, 0.1) is 6.92 Å². The summed E-state index contributed by atoms with van der Waals surface area (Å²) in [5.74, 6) is 0. The molecule has 4 nitrogen and oxygen atoms in total. The molecule has 1 heterocycles. The summed E-state index contributed by atoms with van der Waals surface area (Å²) >= 11 is 0. The van der Waals surface area contributed by atoms with Crippen LogP contribution < -0.4 is 15.6 Å². The molecule has 1 fully saturated rings. The van der Waals surface area contributed by atoms with Gasteiger partial charge in [-0.3, -0.25) is 5.43 Å². The van der Waals surface area contributed by atoms with Crippen molar-refractivity contribution in [2.75, 3.05) is 36.5 Å². The van der Waals surface area contributed by atoms with Gasteiger partial charge in [-0.25, -0.2) is 0 Å². The van der Waals surface area contributed by atoms with Crippen LogP contribution in [0.5, 0.6) is 0 Å². The highest BCUT2D eigenvalue weighted by Crippen LogP contribution is 2.15. The maximum atomic E-state index is 4.29. The highest BCUT2D eigenvalue weighted by atomic mass is 15.3. The van der Waals surface area contributed by atoms with Crippen LogP contribution in [0.25, 0.3) is 0 Å². The van der Waals surface area contributed by atoms with Gasteiger partial charge in [-0.15, -0.1) is 0 Å². The van der Waals surface area contributed by atoms with Gasteiger partial charge in [-0.2, -0.15) is 5.10 Å². The van der Waals surface area contributed by atoms with E-state index in [-0.39, 0.29) is 0 Å². The van der Waals surface area contributed by atoms with Gasteiger partial charge < -0.3 is 10.2 Å². The molecule has 0 spiro atoms. The summed E-state index contributed by atoms with van der Waals surface area (Å²) in [5.41, 5.74) is 7.67. The second-order valence-electron chi connectivity index (χ2n) is 5.56. The molecule has 0 aromatic heterocycles. The molecule has 22 heavy (non-hydrogen) atoms. The Kier molecular flexibility index (Phi) is 4.71. The van der Waals surface area contributed by atoms with E-state index in [1.54, 1.807) is 0 Å². The van der Waals surface area contributed by atoms with Gasteiger partial charge in [0.1, 0.15) is 0 Å². The zero-order chi connectivity index (χ0) is 15.2. The highest BCUT2D eigenvalue weighted by molar-refractivity contribution is 5.81. The van der Waals surface area contributed by atoms with Crippen LogP contribution in [0.3, 0.4) is 0 Å². The Morgan fingerprint density at radius 1 is 1.00 bits per heavy atom. The molecule has 0 aliphatic carbocycles. The lowest BCUT2D eigenvalue weighted by Gasteiger charge is -2.29. The van der Waals surface area contributed by atoms with Crippen LogP contribution in [0.2, 0.25) is 0 Å². The monoisotopic (exact) mass is 294 g/mol. The lowest BCUT2D eigenvalue weighted by molar-refractivity contribution is 0.589. The Hall–Kier alpha value is -2.33. The lowest BCUT2D eigenvalue weighted by Crippen LogP contribution is -2.43. The third-order valence-electron chi connectivity index (χ3n) is 3.83. The minimum Gasteiger partial charge on any atom is -0.369 e. The zero-order valence-corrected chi connectivity index (χ0v) is 12.9. The number of hydrazone groups is 1. The van der Waals surface area contributed by atoms with Crippen molar-refractivity contribution >= 4 is 17.6 Å². The fourth-order valence-corrected chi connectivity index (χ4v) is 2.50. The van der Waals surface area contributed by atoms with Crippen LogP contribution in [-0.2, 0) is 0 Å². The largest absolute Gasteiger partial charge is 0.369 e. The Bertz CT molecular complexity index is 611. The van der Waals surface area contributed by atoms with E-state index in [0.717, 1.165) is 37.4 Å². The molecular formula is C18H22N4. The lowest BCUT2D eigenvalue weighted by atomic mass is 10.2. The van der Waals surface area contributed by atoms with Crippen molar-refractivity contribution in [1.29, 1.82) is 0 Å². The Morgan fingerprint density at radius 2 is 1.68 bits per heavy atom. The standard InChI is InChI=1S/C18H22N4/c1-15-2-6-17(7-3-15)21-20-14-16-4-8-18(9-5-16)22-12-10-19-11-13-22/h2-9,14,19,21H,10-13H2,1H3. The smallest absolute Gasteiger partial charge is 0.0561 e. The summed E-state index contributed by atoms with van der Waals surface area (Å²) < 4.78 is 0. The number of benzene rings is 2. The minimum atomic E-state index is 0.999. The van der Waals surface area contributed by atoms with Gasteiger partial charge in [0.05, 0.1) is 11.9 Å². The summed E-state index contributed by atoms with van der Waals surface area (Å²) in [5, 5.41) is 7.66. The first-order valence-corrected chi connectivity index (χ1v) is 7.73. The normalized spacial score (nSPS) is 15.2. The van der Waals surface area contributed by atoms with Crippen LogP contribution in [0.15, 0.2) is 53.6 Å². The van der Waals surface area contributed by atoms with Crippen molar-refractivity contribution in [3.05, 3.63) is 59.7 Å².